The van der Waals surface area contributed by atoms with Crippen molar-refractivity contribution in [3.05, 3.63) is 28.8 Å². The van der Waals surface area contributed by atoms with Crippen molar-refractivity contribution in [2.45, 2.75) is 45.6 Å². The summed E-state index contributed by atoms with van der Waals surface area (Å²) in [6.07, 6.45) is 2.57. The summed E-state index contributed by atoms with van der Waals surface area (Å²) in [7, 11) is 0. The molecular formula is C14H20O2. The van der Waals surface area contributed by atoms with Crippen LogP contribution in [0.25, 0.3) is 0 Å². The molecule has 2 heteroatoms. The van der Waals surface area contributed by atoms with Crippen molar-refractivity contribution in [3.8, 4) is 5.75 Å². The molecule has 0 spiro atoms. The van der Waals surface area contributed by atoms with Crippen molar-refractivity contribution < 1.29 is 9.84 Å². The maximum Gasteiger partial charge on any atom is 0.125 e. The summed E-state index contributed by atoms with van der Waals surface area (Å²) >= 11 is 0. The number of aryl methyl sites for hydroxylation is 1. The molecule has 2 rings (SSSR count). The summed E-state index contributed by atoms with van der Waals surface area (Å²) < 4.78 is 5.71. The van der Waals surface area contributed by atoms with Crippen LogP contribution < -0.4 is 4.74 Å². The fourth-order valence-electron chi connectivity index (χ4n) is 2.01. The first-order valence-electron chi connectivity index (χ1n) is 6.00. The average molecular weight is 220 g/mol. The molecule has 0 aromatic heterocycles. The Kier molecular flexibility index (Phi) is 2.94. The van der Waals surface area contributed by atoms with Crippen molar-refractivity contribution in [2.75, 3.05) is 6.61 Å². The first kappa shape index (κ1) is 11.5. The molecule has 2 nitrogen and oxygen atoms in total. The van der Waals surface area contributed by atoms with Crippen LogP contribution in [-0.4, -0.2) is 17.3 Å². The smallest absolute Gasteiger partial charge is 0.125 e. The molecule has 0 amide bonds. The second-order valence-electron chi connectivity index (χ2n) is 4.83. The molecule has 1 aromatic rings. The van der Waals surface area contributed by atoms with Gasteiger partial charge in [0, 0.05) is 6.42 Å². The van der Waals surface area contributed by atoms with Gasteiger partial charge in [0.05, 0.1) is 12.2 Å². The van der Waals surface area contributed by atoms with Crippen molar-refractivity contribution in [2.24, 2.45) is 0 Å². The lowest BCUT2D eigenvalue weighted by Gasteiger charge is -2.17. The minimum absolute atomic E-state index is 0.451. The third-order valence-corrected chi connectivity index (χ3v) is 3.39. The molecule has 1 aliphatic rings. The van der Waals surface area contributed by atoms with Gasteiger partial charge in [-0.2, -0.15) is 0 Å². The molecule has 1 aliphatic carbocycles. The highest BCUT2D eigenvalue weighted by molar-refractivity contribution is 5.46. The second kappa shape index (κ2) is 4.10. The van der Waals surface area contributed by atoms with Gasteiger partial charge in [-0.15, -0.1) is 0 Å². The van der Waals surface area contributed by atoms with Crippen LogP contribution in [0.1, 0.15) is 36.5 Å². The van der Waals surface area contributed by atoms with Crippen LogP contribution in [0.15, 0.2) is 12.1 Å². The third kappa shape index (κ3) is 2.22. The monoisotopic (exact) mass is 220 g/mol. The summed E-state index contributed by atoms with van der Waals surface area (Å²) in [5, 5.41) is 9.98. The minimum atomic E-state index is -0.451. The second-order valence-corrected chi connectivity index (χ2v) is 4.83. The standard InChI is InChI=1S/C14H20O2/c1-4-16-13-11(3)10(2)5-6-12(13)9-14(15)7-8-14/h5-6,15H,4,7-9H2,1-3H3. The molecule has 16 heavy (non-hydrogen) atoms. The van der Waals surface area contributed by atoms with Crippen molar-refractivity contribution in [1.82, 2.24) is 0 Å². The number of hydrogen-bond acceptors (Lipinski definition) is 2. The van der Waals surface area contributed by atoms with E-state index in [2.05, 4.69) is 26.0 Å². The first-order valence-corrected chi connectivity index (χ1v) is 6.00. The van der Waals surface area contributed by atoms with E-state index in [0.29, 0.717) is 6.61 Å². The van der Waals surface area contributed by atoms with Crippen LogP contribution >= 0.6 is 0 Å². The van der Waals surface area contributed by atoms with Gasteiger partial charge < -0.3 is 9.84 Å². The maximum absolute atomic E-state index is 9.98. The first-order chi connectivity index (χ1) is 7.56. The molecule has 0 radical (unpaired) electrons. The SMILES string of the molecule is CCOc1c(CC2(O)CC2)ccc(C)c1C. The van der Waals surface area contributed by atoms with Crippen molar-refractivity contribution in [3.63, 3.8) is 0 Å². The molecule has 0 bridgehead atoms. The quantitative estimate of drug-likeness (QED) is 0.845. The van der Waals surface area contributed by atoms with E-state index in [4.69, 9.17) is 4.74 Å². The van der Waals surface area contributed by atoms with Gasteiger partial charge in [0.2, 0.25) is 0 Å². The van der Waals surface area contributed by atoms with Crippen LogP contribution in [0, 0.1) is 13.8 Å². The number of hydrogen-bond donors (Lipinski definition) is 1. The van der Waals surface area contributed by atoms with E-state index >= 15 is 0 Å². The van der Waals surface area contributed by atoms with E-state index < -0.39 is 5.60 Å². The van der Waals surface area contributed by atoms with Crippen LogP contribution in [0.2, 0.25) is 0 Å². The van der Waals surface area contributed by atoms with Crippen molar-refractivity contribution in [1.29, 1.82) is 0 Å². The van der Waals surface area contributed by atoms with Crippen LogP contribution in [0.4, 0.5) is 0 Å². The van der Waals surface area contributed by atoms with Gasteiger partial charge in [-0.25, -0.2) is 0 Å². The van der Waals surface area contributed by atoms with Gasteiger partial charge in [0.25, 0.3) is 0 Å². The largest absolute Gasteiger partial charge is 0.493 e. The Hall–Kier alpha value is -1.02. The zero-order valence-corrected chi connectivity index (χ0v) is 10.3. The zero-order chi connectivity index (χ0) is 11.8. The summed E-state index contributed by atoms with van der Waals surface area (Å²) in [6.45, 7) is 6.85. The Labute approximate surface area is 97.3 Å². The lowest BCUT2D eigenvalue weighted by atomic mass is 9.99. The van der Waals surface area contributed by atoms with Crippen LogP contribution in [0.3, 0.4) is 0 Å². The number of aliphatic hydroxyl groups is 1. The molecule has 0 aliphatic heterocycles. The lowest BCUT2D eigenvalue weighted by Crippen LogP contribution is -2.12. The molecule has 0 heterocycles. The molecule has 0 unspecified atom stereocenters. The Morgan fingerprint density at radius 1 is 1.31 bits per heavy atom. The van der Waals surface area contributed by atoms with E-state index in [1.807, 2.05) is 6.92 Å². The number of benzene rings is 1. The summed E-state index contributed by atoms with van der Waals surface area (Å²) in [4.78, 5) is 0. The molecule has 1 fully saturated rings. The Morgan fingerprint density at radius 2 is 2.00 bits per heavy atom. The summed E-state index contributed by atoms with van der Waals surface area (Å²) in [5.41, 5.74) is 3.14. The van der Waals surface area contributed by atoms with E-state index in [1.165, 1.54) is 11.1 Å². The zero-order valence-electron chi connectivity index (χ0n) is 10.3. The molecule has 1 N–H and O–H groups in total. The fourth-order valence-corrected chi connectivity index (χ4v) is 2.01. The normalized spacial score (nSPS) is 17.2. The van der Waals surface area contributed by atoms with Gasteiger partial charge in [-0.3, -0.25) is 0 Å². The van der Waals surface area contributed by atoms with Crippen LogP contribution in [-0.2, 0) is 6.42 Å². The molecular weight excluding hydrogens is 200 g/mol. The summed E-state index contributed by atoms with van der Waals surface area (Å²) in [5.74, 6) is 0.975. The van der Waals surface area contributed by atoms with Gasteiger partial charge in [-0.1, -0.05) is 12.1 Å². The van der Waals surface area contributed by atoms with E-state index in [1.54, 1.807) is 0 Å². The van der Waals surface area contributed by atoms with Gasteiger partial charge in [0.15, 0.2) is 0 Å². The van der Waals surface area contributed by atoms with Crippen molar-refractivity contribution >= 4 is 0 Å². The van der Waals surface area contributed by atoms with Gasteiger partial charge >= 0.3 is 0 Å². The average Bonchev–Trinajstić information content (AvgIpc) is 2.96. The molecule has 0 saturated heterocycles. The van der Waals surface area contributed by atoms with Crippen LogP contribution in [0.5, 0.6) is 5.75 Å². The van der Waals surface area contributed by atoms with E-state index in [0.717, 1.165) is 30.6 Å². The number of ether oxygens (including phenoxy) is 1. The molecule has 1 aromatic carbocycles. The highest BCUT2D eigenvalue weighted by atomic mass is 16.5. The Morgan fingerprint density at radius 3 is 2.56 bits per heavy atom. The molecule has 88 valence electrons. The fraction of sp³-hybridized carbons (Fsp3) is 0.571. The van der Waals surface area contributed by atoms with E-state index in [9.17, 15) is 5.11 Å². The molecule has 1 saturated carbocycles. The number of rotatable bonds is 4. The molecule has 0 atom stereocenters. The minimum Gasteiger partial charge on any atom is -0.493 e. The Bertz CT molecular complexity index is 392. The topological polar surface area (TPSA) is 29.5 Å². The van der Waals surface area contributed by atoms with Gasteiger partial charge in [-0.05, 0) is 50.3 Å². The lowest BCUT2D eigenvalue weighted by molar-refractivity contribution is 0.149. The maximum atomic E-state index is 9.98. The predicted octanol–water partition coefficient (Wildman–Crippen LogP) is 2.77. The Balaban J connectivity index is 2.31. The van der Waals surface area contributed by atoms with Gasteiger partial charge in [0.1, 0.15) is 5.75 Å². The predicted molar refractivity (Wildman–Crippen MR) is 65.0 cm³/mol. The van der Waals surface area contributed by atoms with E-state index in [-0.39, 0.29) is 0 Å². The third-order valence-electron chi connectivity index (χ3n) is 3.39. The highest BCUT2D eigenvalue weighted by Crippen LogP contribution is 2.41. The highest BCUT2D eigenvalue weighted by Gasteiger charge is 2.40. The summed E-state index contributed by atoms with van der Waals surface area (Å²) in [6, 6.07) is 4.20.